The first kappa shape index (κ1) is 37.0. The van der Waals surface area contributed by atoms with Crippen molar-refractivity contribution in [1.82, 2.24) is 5.32 Å². The molecule has 3 nitrogen and oxygen atoms in total. The smallest absolute Gasteiger partial charge is 0.145 e. The highest BCUT2D eigenvalue weighted by Gasteiger charge is 2.31. The number of rotatable bonds is 12. The summed E-state index contributed by atoms with van der Waals surface area (Å²) >= 11 is 0. The molecule has 2 aliphatic rings. The molecule has 240 valence electrons. The van der Waals surface area contributed by atoms with Gasteiger partial charge in [-0.05, 0) is 136 Å². The molecule has 3 heteroatoms. The topological polar surface area (TPSA) is 38.3 Å². The first-order chi connectivity index (χ1) is 20.8. The first-order valence-corrected chi connectivity index (χ1v) is 17.2. The molecule has 2 aliphatic carbocycles. The molecule has 0 spiro atoms. The molecule has 2 aromatic carbocycles. The minimum Gasteiger partial charge on any atom is -0.384 e. The summed E-state index contributed by atoms with van der Waals surface area (Å²) in [5, 5.41) is 2.75. The van der Waals surface area contributed by atoms with Crippen LogP contribution in [0.4, 0.5) is 0 Å². The van der Waals surface area contributed by atoms with Gasteiger partial charge in [0.05, 0.1) is 0 Å². The van der Waals surface area contributed by atoms with E-state index in [1.54, 1.807) is 12.5 Å². The van der Waals surface area contributed by atoms with Gasteiger partial charge in [-0.25, -0.2) is 0 Å². The van der Waals surface area contributed by atoms with Gasteiger partial charge in [0.15, 0.2) is 0 Å². The van der Waals surface area contributed by atoms with Gasteiger partial charge in [-0.15, -0.1) is 0 Å². The van der Waals surface area contributed by atoms with Crippen LogP contribution in [0.25, 0.3) is 11.1 Å². The fourth-order valence-electron chi connectivity index (χ4n) is 7.13. The number of carbonyl (C=O) groups excluding carboxylic acids is 1. The number of hydrogen-bond donors (Lipinski definition) is 1. The number of nitrogens with one attached hydrogen (secondary N) is 1. The Morgan fingerprint density at radius 1 is 0.884 bits per heavy atom. The molecule has 1 unspecified atom stereocenters. The summed E-state index contributed by atoms with van der Waals surface area (Å²) in [6.07, 6.45) is 18.8. The third-order valence-corrected chi connectivity index (χ3v) is 9.46. The second-order valence-electron chi connectivity index (χ2n) is 13.4. The van der Waals surface area contributed by atoms with Crippen LogP contribution in [-0.2, 0) is 16.0 Å². The highest BCUT2D eigenvalue weighted by Crippen LogP contribution is 2.45. The molecule has 2 saturated carbocycles. The Morgan fingerprint density at radius 2 is 1.37 bits per heavy atom. The predicted molar refractivity (Wildman–Crippen MR) is 187 cm³/mol. The molecule has 2 fully saturated rings. The summed E-state index contributed by atoms with van der Waals surface area (Å²) in [5.41, 5.74) is 6.33. The number of ether oxygens (including phenoxy) is 1. The van der Waals surface area contributed by atoms with Gasteiger partial charge in [0.1, 0.15) is 6.29 Å². The Balaban J connectivity index is 0.000000719. The Bertz CT molecular complexity index is 996. The van der Waals surface area contributed by atoms with Crippen molar-refractivity contribution in [3.63, 3.8) is 0 Å². The van der Waals surface area contributed by atoms with E-state index in [9.17, 15) is 4.79 Å². The van der Waals surface area contributed by atoms with Gasteiger partial charge < -0.3 is 10.1 Å². The molecule has 0 aliphatic heterocycles. The maximum atomic E-state index is 9.41. The molecule has 0 saturated heterocycles. The van der Waals surface area contributed by atoms with Gasteiger partial charge in [-0.3, -0.25) is 4.79 Å². The van der Waals surface area contributed by atoms with Crippen molar-refractivity contribution in [2.45, 2.75) is 110 Å². The lowest BCUT2D eigenvalue weighted by molar-refractivity contribution is -0.104. The maximum Gasteiger partial charge on any atom is 0.145 e. The van der Waals surface area contributed by atoms with E-state index in [-0.39, 0.29) is 0 Å². The van der Waals surface area contributed by atoms with E-state index in [1.807, 2.05) is 21.2 Å². The van der Waals surface area contributed by atoms with Crippen molar-refractivity contribution in [2.75, 3.05) is 27.8 Å². The Labute approximate surface area is 265 Å². The minimum atomic E-state index is 0.574. The lowest BCUT2D eigenvalue weighted by atomic mass is 9.67. The Morgan fingerprint density at radius 3 is 1.84 bits per heavy atom. The van der Waals surface area contributed by atoms with Gasteiger partial charge >= 0.3 is 0 Å². The standard InChI is InChI=1S/C34H50O.C4H6O.C2H7N/c1-4-5-6-7-27-8-12-29(13-9-27)31-16-20-33(21-17-31)34-22-18-32(19-23-34)30-14-10-28(11-15-30)24-26(2)25-35-3;1-4(2)3-5;1-3-2/h8-9,12-13,16-17,20-21,26,28,30,32,34H,4-7,10-11,14-15,18-19,22-25H2,1-3H3;3H,1H2,2H3;3H,1-2H3. The summed E-state index contributed by atoms with van der Waals surface area (Å²) < 4.78 is 5.36. The van der Waals surface area contributed by atoms with Crippen LogP contribution in [0.5, 0.6) is 0 Å². The van der Waals surface area contributed by atoms with Gasteiger partial charge in [0.2, 0.25) is 0 Å². The summed E-state index contributed by atoms with van der Waals surface area (Å²) in [5.74, 6) is 4.42. The van der Waals surface area contributed by atoms with Crippen molar-refractivity contribution in [2.24, 2.45) is 23.7 Å². The van der Waals surface area contributed by atoms with E-state index in [2.05, 4.69) is 74.3 Å². The molecular weight excluding hydrogens is 526 g/mol. The van der Waals surface area contributed by atoms with Crippen molar-refractivity contribution >= 4 is 6.29 Å². The minimum absolute atomic E-state index is 0.574. The van der Waals surface area contributed by atoms with Gasteiger partial charge in [0.25, 0.3) is 0 Å². The van der Waals surface area contributed by atoms with E-state index >= 15 is 0 Å². The van der Waals surface area contributed by atoms with Crippen LogP contribution >= 0.6 is 0 Å². The van der Waals surface area contributed by atoms with E-state index in [0.29, 0.717) is 5.57 Å². The van der Waals surface area contributed by atoms with E-state index in [1.165, 1.54) is 100 Å². The van der Waals surface area contributed by atoms with Crippen LogP contribution in [0.2, 0.25) is 0 Å². The fourth-order valence-corrected chi connectivity index (χ4v) is 7.13. The number of hydrogen-bond acceptors (Lipinski definition) is 3. The SMILES string of the molecule is C=C(C)C=O.CCCCCc1ccc(-c2ccc(C3CCC(C4CCC(CC(C)COC)CC4)CC3)cc2)cc1.CNC. The van der Waals surface area contributed by atoms with Gasteiger partial charge in [-0.2, -0.15) is 0 Å². The van der Waals surface area contributed by atoms with Crippen LogP contribution in [0.15, 0.2) is 60.7 Å². The lowest BCUT2D eigenvalue weighted by Crippen LogP contribution is -2.26. The quantitative estimate of drug-likeness (QED) is 0.152. The molecular formula is C40H63NO2. The number of allylic oxidation sites excluding steroid dienone is 1. The largest absolute Gasteiger partial charge is 0.384 e. The number of aldehydes is 1. The van der Waals surface area contributed by atoms with Gasteiger partial charge in [0, 0.05) is 13.7 Å². The van der Waals surface area contributed by atoms with Crippen LogP contribution in [0, 0.1) is 23.7 Å². The summed E-state index contributed by atoms with van der Waals surface area (Å²) in [6, 6.07) is 18.8. The number of carbonyl (C=O) groups is 1. The monoisotopic (exact) mass is 589 g/mol. The molecule has 2 aromatic rings. The second kappa shape index (κ2) is 21.5. The highest BCUT2D eigenvalue weighted by molar-refractivity contribution is 5.70. The van der Waals surface area contributed by atoms with Crippen molar-refractivity contribution in [3.05, 3.63) is 71.8 Å². The zero-order chi connectivity index (χ0) is 31.5. The number of unbranched alkanes of at least 4 members (excludes halogenated alkanes) is 2. The normalized spacial score (nSPS) is 22.3. The van der Waals surface area contributed by atoms with E-state index in [4.69, 9.17) is 4.74 Å². The maximum absolute atomic E-state index is 9.41. The first-order valence-electron chi connectivity index (χ1n) is 17.2. The molecule has 0 bridgehead atoms. The molecule has 0 heterocycles. The summed E-state index contributed by atoms with van der Waals surface area (Å²) in [6.45, 7) is 10.5. The molecule has 0 amide bonds. The number of methoxy groups -OCH3 is 1. The molecule has 0 radical (unpaired) electrons. The second-order valence-corrected chi connectivity index (χ2v) is 13.4. The molecule has 1 atom stereocenters. The van der Waals surface area contributed by atoms with E-state index in [0.717, 1.165) is 42.5 Å². The van der Waals surface area contributed by atoms with E-state index < -0.39 is 0 Å². The Hall–Kier alpha value is -2.23. The van der Waals surface area contributed by atoms with Crippen LogP contribution < -0.4 is 5.32 Å². The fraction of sp³-hybridized carbons (Fsp3) is 0.625. The number of aryl methyl sites for hydroxylation is 1. The average Bonchev–Trinajstić information content (AvgIpc) is 3.03. The van der Waals surface area contributed by atoms with Crippen molar-refractivity contribution < 1.29 is 9.53 Å². The highest BCUT2D eigenvalue weighted by atomic mass is 16.5. The number of benzene rings is 2. The molecule has 0 aromatic heterocycles. The zero-order valence-electron chi connectivity index (χ0n) is 28.5. The third kappa shape index (κ3) is 14.0. The molecule has 43 heavy (non-hydrogen) atoms. The Kier molecular flexibility index (Phi) is 18.5. The average molecular weight is 590 g/mol. The third-order valence-electron chi connectivity index (χ3n) is 9.46. The van der Waals surface area contributed by atoms with Crippen molar-refractivity contribution in [1.29, 1.82) is 0 Å². The zero-order valence-corrected chi connectivity index (χ0v) is 28.5. The predicted octanol–water partition coefficient (Wildman–Crippen LogP) is 10.4. The summed E-state index contributed by atoms with van der Waals surface area (Å²) in [4.78, 5) is 9.41. The summed E-state index contributed by atoms with van der Waals surface area (Å²) in [7, 11) is 5.59. The van der Waals surface area contributed by atoms with Crippen molar-refractivity contribution in [3.8, 4) is 11.1 Å². The molecule has 4 rings (SSSR count). The van der Waals surface area contributed by atoms with Gasteiger partial charge in [-0.1, -0.05) is 94.6 Å². The van der Waals surface area contributed by atoms with Crippen LogP contribution in [-0.4, -0.2) is 34.1 Å². The molecule has 1 N–H and O–H groups in total. The van der Waals surface area contributed by atoms with Crippen LogP contribution in [0.3, 0.4) is 0 Å². The lowest BCUT2D eigenvalue weighted by Gasteiger charge is -2.38. The van der Waals surface area contributed by atoms with Crippen LogP contribution in [0.1, 0.15) is 115 Å².